The average Bonchev–Trinajstić information content (AvgIpc) is 3.12. The molecule has 1 aliphatic heterocycles. The van der Waals surface area contributed by atoms with Crippen LogP contribution in [0.3, 0.4) is 0 Å². The largest absolute Gasteiger partial charge is 0.463 e. The topological polar surface area (TPSA) is 45.9 Å². The predicted molar refractivity (Wildman–Crippen MR) is 101 cm³/mol. The standard InChI is InChI=1S/C21H21FN2O3/c1-26-21(25)19-12-16-11-17(22)13-18(20(16)27-19)24-9-7-23(8-10-24)14-15-5-3-2-4-6-15/h2-6,11-13H,7-10,14H2,1H3. The van der Waals surface area contributed by atoms with Crippen LogP contribution in [0.4, 0.5) is 10.1 Å². The summed E-state index contributed by atoms with van der Waals surface area (Å²) >= 11 is 0. The molecule has 2 heterocycles. The summed E-state index contributed by atoms with van der Waals surface area (Å²) in [5.74, 6) is -0.825. The van der Waals surface area contributed by atoms with Crippen LogP contribution in [0.5, 0.6) is 0 Å². The van der Waals surface area contributed by atoms with Gasteiger partial charge >= 0.3 is 5.97 Å². The van der Waals surface area contributed by atoms with E-state index in [0.29, 0.717) is 16.7 Å². The maximum Gasteiger partial charge on any atom is 0.373 e. The number of carbonyl (C=O) groups is 1. The van der Waals surface area contributed by atoms with Gasteiger partial charge in [0.1, 0.15) is 5.82 Å². The van der Waals surface area contributed by atoms with Gasteiger partial charge in [-0.2, -0.15) is 0 Å². The summed E-state index contributed by atoms with van der Waals surface area (Å²) in [7, 11) is 1.29. The van der Waals surface area contributed by atoms with Gasteiger partial charge in [-0.25, -0.2) is 9.18 Å². The maximum atomic E-state index is 14.1. The fraction of sp³-hybridized carbons (Fsp3) is 0.286. The third-order valence-electron chi connectivity index (χ3n) is 4.91. The zero-order valence-electron chi connectivity index (χ0n) is 15.2. The summed E-state index contributed by atoms with van der Waals surface area (Å²) in [6.07, 6.45) is 0. The Morgan fingerprint density at radius 1 is 1.11 bits per heavy atom. The van der Waals surface area contributed by atoms with Crippen LogP contribution in [0.2, 0.25) is 0 Å². The number of esters is 1. The Kier molecular flexibility index (Phi) is 4.81. The van der Waals surface area contributed by atoms with E-state index >= 15 is 0 Å². The smallest absolute Gasteiger partial charge is 0.373 e. The first-order valence-electron chi connectivity index (χ1n) is 8.96. The molecule has 0 atom stereocenters. The summed E-state index contributed by atoms with van der Waals surface area (Å²) in [5, 5.41) is 0.567. The third-order valence-corrected chi connectivity index (χ3v) is 4.91. The van der Waals surface area contributed by atoms with Crippen LogP contribution in [-0.4, -0.2) is 44.2 Å². The summed E-state index contributed by atoms with van der Waals surface area (Å²) in [6.45, 7) is 4.18. The normalized spacial score (nSPS) is 15.3. The lowest BCUT2D eigenvalue weighted by molar-refractivity contribution is 0.0567. The lowest BCUT2D eigenvalue weighted by atomic mass is 10.1. The van der Waals surface area contributed by atoms with Crippen LogP contribution >= 0.6 is 0 Å². The van der Waals surface area contributed by atoms with Crippen molar-refractivity contribution in [3.05, 3.63) is 65.7 Å². The second kappa shape index (κ2) is 7.40. The molecule has 0 saturated carbocycles. The molecular weight excluding hydrogens is 347 g/mol. The average molecular weight is 368 g/mol. The minimum Gasteiger partial charge on any atom is -0.463 e. The molecule has 27 heavy (non-hydrogen) atoms. The van der Waals surface area contributed by atoms with E-state index in [2.05, 4.69) is 21.9 Å². The Morgan fingerprint density at radius 2 is 1.85 bits per heavy atom. The molecule has 0 amide bonds. The number of ether oxygens (including phenoxy) is 1. The van der Waals surface area contributed by atoms with Crippen LogP contribution in [0.15, 0.2) is 52.9 Å². The summed E-state index contributed by atoms with van der Waals surface area (Å²) in [5.41, 5.74) is 2.49. The molecule has 4 rings (SSSR count). The molecule has 1 aliphatic rings. The number of benzene rings is 2. The maximum absolute atomic E-state index is 14.1. The van der Waals surface area contributed by atoms with Gasteiger partial charge in [0, 0.05) is 44.2 Å². The monoisotopic (exact) mass is 368 g/mol. The number of methoxy groups -OCH3 is 1. The van der Waals surface area contributed by atoms with Gasteiger partial charge in [-0.05, 0) is 17.7 Å². The van der Waals surface area contributed by atoms with Crippen molar-refractivity contribution < 1.29 is 18.3 Å². The van der Waals surface area contributed by atoms with Gasteiger partial charge in [-0.3, -0.25) is 4.90 Å². The van der Waals surface area contributed by atoms with Crippen molar-refractivity contribution in [2.75, 3.05) is 38.2 Å². The number of hydrogen-bond acceptors (Lipinski definition) is 5. The van der Waals surface area contributed by atoms with Crippen LogP contribution in [0.1, 0.15) is 16.1 Å². The SMILES string of the molecule is COC(=O)c1cc2cc(F)cc(N3CCN(Cc4ccccc4)CC3)c2o1. The minimum absolute atomic E-state index is 0.0852. The van der Waals surface area contributed by atoms with E-state index in [1.54, 1.807) is 0 Å². The minimum atomic E-state index is -0.565. The Hall–Kier alpha value is -2.86. The lowest BCUT2D eigenvalue weighted by Gasteiger charge is -2.36. The highest BCUT2D eigenvalue weighted by Gasteiger charge is 2.23. The van der Waals surface area contributed by atoms with E-state index in [-0.39, 0.29) is 11.6 Å². The number of hydrogen-bond donors (Lipinski definition) is 0. The van der Waals surface area contributed by atoms with E-state index in [0.717, 1.165) is 32.7 Å². The van der Waals surface area contributed by atoms with E-state index in [9.17, 15) is 9.18 Å². The first kappa shape index (κ1) is 17.5. The first-order chi connectivity index (χ1) is 13.1. The van der Waals surface area contributed by atoms with Crippen molar-refractivity contribution in [1.29, 1.82) is 0 Å². The fourth-order valence-electron chi connectivity index (χ4n) is 3.52. The van der Waals surface area contributed by atoms with E-state index < -0.39 is 5.97 Å². The molecule has 0 N–H and O–H groups in total. The number of carbonyl (C=O) groups excluding carboxylic acids is 1. The summed E-state index contributed by atoms with van der Waals surface area (Å²) in [4.78, 5) is 16.2. The Labute approximate surface area is 156 Å². The highest BCUT2D eigenvalue weighted by atomic mass is 19.1. The fourth-order valence-corrected chi connectivity index (χ4v) is 3.52. The van der Waals surface area contributed by atoms with Crippen molar-refractivity contribution in [1.82, 2.24) is 4.90 Å². The number of fused-ring (bicyclic) bond motifs is 1. The molecular formula is C21H21FN2O3. The van der Waals surface area contributed by atoms with Crippen molar-refractivity contribution in [2.45, 2.75) is 6.54 Å². The summed E-state index contributed by atoms with van der Waals surface area (Å²) in [6, 6.07) is 14.7. The predicted octanol–water partition coefficient (Wildman–Crippen LogP) is 3.68. The molecule has 5 nitrogen and oxygen atoms in total. The Balaban J connectivity index is 1.53. The van der Waals surface area contributed by atoms with Crippen molar-refractivity contribution >= 4 is 22.6 Å². The third kappa shape index (κ3) is 3.66. The molecule has 2 aromatic carbocycles. The molecule has 0 bridgehead atoms. The molecule has 3 aromatic rings. The second-order valence-electron chi connectivity index (χ2n) is 6.69. The highest BCUT2D eigenvalue weighted by Crippen LogP contribution is 2.32. The van der Waals surface area contributed by atoms with Gasteiger partial charge in [-0.15, -0.1) is 0 Å². The molecule has 0 aliphatic carbocycles. The number of nitrogens with zero attached hydrogens (tertiary/aromatic N) is 2. The second-order valence-corrected chi connectivity index (χ2v) is 6.69. The van der Waals surface area contributed by atoms with Crippen molar-refractivity contribution in [2.24, 2.45) is 0 Å². The van der Waals surface area contributed by atoms with Crippen LogP contribution in [-0.2, 0) is 11.3 Å². The Morgan fingerprint density at radius 3 is 2.56 bits per heavy atom. The number of halogens is 1. The molecule has 0 radical (unpaired) electrons. The van der Waals surface area contributed by atoms with E-state index in [4.69, 9.17) is 9.15 Å². The van der Waals surface area contributed by atoms with Crippen molar-refractivity contribution in [3.63, 3.8) is 0 Å². The van der Waals surface area contributed by atoms with Crippen LogP contribution in [0, 0.1) is 5.82 Å². The van der Waals surface area contributed by atoms with Gasteiger partial charge < -0.3 is 14.1 Å². The molecule has 6 heteroatoms. The highest BCUT2D eigenvalue weighted by molar-refractivity contribution is 5.97. The van der Waals surface area contributed by atoms with Crippen LogP contribution < -0.4 is 4.90 Å². The van der Waals surface area contributed by atoms with Gasteiger partial charge in [0.05, 0.1) is 12.8 Å². The van der Waals surface area contributed by atoms with E-state index in [1.165, 1.54) is 30.9 Å². The number of rotatable bonds is 4. The molecule has 0 spiro atoms. The molecule has 140 valence electrons. The van der Waals surface area contributed by atoms with Gasteiger partial charge in [-0.1, -0.05) is 30.3 Å². The van der Waals surface area contributed by atoms with Gasteiger partial charge in [0.2, 0.25) is 5.76 Å². The zero-order valence-corrected chi connectivity index (χ0v) is 15.2. The molecule has 0 unspecified atom stereocenters. The van der Waals surface area contributed by atoms with E-state index in [1.807, 2.05) is 18.2 Å². The molecule has 1 saturated heterocycles. The van der Waals surface area contributed by atoms with Gasteiger partial charge in [0.15, 0.2) is 5.58 Å². The Bertz CT molecular complexity index is 947. The molecule has 1 aromatic heterocycles. The number of anilines is 1. The number of furan rings is 1. The quantitative estimate of drug-likeness (QED) is 0.658. The van der Waals surface area contributed by atoms with Crippen molar-refractivity contribution in [3.8, 4) is 0 Å². The van der Waals surface area contributed by atoms with Crippen LogP contribution in [0.25, 0.3) is 11.0 Å². The molecule has 1 fully saturated rings. The summed E-state index contributed by atoms with van der Waals surface area (Å²) < 4.78 is 24.5. The van der Waals surface area contributed by atoms with Gasteiger partial charge in [0.25, 0.3) is 0 Å². The lowest BCUT2D eigenvalue weighted by Crippen LogP contribution is -2.46. The zero-order chi connectivity index (χ0) is 18.8. The number of piperazine rings is 1. The first-order valence-corrected chi connectivity index (χ1v) is 8.96.